The van der Waals surface area contributed by atoms with Gasteiger partial charge in [-0.3, -0.25) is 4.90 Å². The van der Waals surface area contributed by atoms with Crippen molar-refractivity contribution < 1.29 is 13.9 Å². The van der Waals surface area contributed by atoms with E-state index >= 15 is 0 Å². The summed E-state index contributed by atoms with van der Waals surface area (Å²) < 4.78 is 25.2. The van der Waals surface area contributed by atoms with Crippen LogP contribution in [0.4, 0.5) is 4.39 Å². The van der Waals surface area contributed by atoms with Crippen LogP contribution in [0, 0.1) is 17.1 Å². The number of hydrogen-bond acceptors (Lipinski definition) is 5. The Morgan fingerprint density at radius 1 is 1.21 bits per heavy atom. The third-order valence-electron chi connectivity index (χ3n) is 4.88. The van der Waals surface area contributed by atoms with Gasteiger partial charge in [-0.1, -0.05) is 41.9 Å². The van der Waals surface area contributed by atoms with E-state index in [0.717, 1.165) is 57.6 Å². The summed E-state index contributed by atoms with van der Waals surface area (Å²) in [6, 6.07) is 14.3. The molecule has 0 unspecified atom stereocenters. The van der Waals surface area contributed by atoms with E-state index in [0.29, 0.717) is 12.2 Å². The van der Waals surface area contributed by atoms with Crippen LogP contribution in [0.1, 0.15) is 23.7 Å². The highest BCUT2D eigenvalue weighted by atomic mass is 35.5. The third kappa shape index (κ3) is 6.41. The molecule has 1 fully saturated rings. The van der Waals surface area contributed by atoms with Crippen molar-refractivity contribution in [2.45, 2.75) is 12.5 Å². The Kier molecular flexibility index (Phi) is 8.26. The van der Waals surface area contributed by atoms with Crippen molar-refractivity contribution in [2.75, 3.05) is 45.9 Å². The Balaban J connectivity index is 1.60. The van der Waals surface area contributed by atoms with Gasteiger partial charge in [-0.2, -0.15) is 5.26 Å². The Morgan fingerprint density at radius 3 is 2.69 bits per heavy atom. The molecule has 1 saturated heterocycles. The zero-order valence-electron chi connectivity index (χ0n) is 16.2. The van der Waals surface area contributed by atoms with Crippen molar-refractivity contribution in [2.24, 2.45) is 0 Å². The molecule has 2 aromatic carbocycles. The first kappa shape index (κ1) is 21.5. The molecule has 0 spiro atoms. The second kappa shape index (κ2) is 11.1. The largest absolute Gasteiger partial charge is 0.484 e. The summed E-state index contributed by atoms with van der Waals surface area (Å²) in [5.41, 5.74) is 1.12. The van der Waals surface area contributed by atoms with Crippen molar-refractivity contribution in [1.29, 1.82) is 5.26 Å². The molecule has 29 heavy (non-hydrogen) atoms. The zero-order chi connectivity index (χ0) is 20.5. The van der Waals surface area contributed by atoms with Gasteiger partial charge in [0.05, 0.1) is 23.8 Å². The highest BCUT2D eigenvalue weighted by molar-refractivity contribution is 6.30. The highest BCUT2D eigenvalue weighted by Gasteiger charge is 2.17. The molecule has 2 aromatic rings. The van der Waals surface area contributed by atoms with Crippen LogP contribution in [-0.4, -0.2) is 50.8 Å². The van der Waals surface area contributed by atoms with Gasteiger partial charge in [-0.05, 0) is 18.2 Å². The van der Waals surface area contributed by atoms with E-state index in [4.69, 9.17) is 21.1 Å². The van der Waals surface area contributed by atoms with Gasteiger partial charge in [0.15, 0.2) is 0 Å². The van der Waals surface area contributed by atoms with Crippen LogP contribution in [0.15, 0.2) is 42.5 Å². The molecule has 0 aromatic heterocycles. The van der Waals surface area contributed by atoms with E-state index in [1.165, 1.54) is 6.07 Å². The fraction of sp³-hybridized carbons (Fsp3) is 0.409. The van der Waals surface area contributed by atoms with Crippen LogP contribution >= 0.6 is 11.6 Å². The highest BCUT2D eigenvalue weighted by Crippen LogP contribution is 2.31. The number of ether oxygens (including phenoxy) is 2. The zero-order valence-corrected chi connectivity index (χ0v) is 17.0. The van der Waals surface area contributed by atoms with Crippen LogP contribution < -0.4 is 10.1 Å². The molecule has 0 bridgehead atoms. The monoisotopic (exact) mass is 417 g/mol. The Labute approximate surface area is 176 Å². The smallest absolute Gasteiger partial charge is 0.143 e. The van der Waals surface area contributed by atoms with Crippen molar-refractivity contribution in [3.63, 3.8) is 0 Å². The van der Waals surface area contributed by atoms with E-state index < -0.39 is 5.82 Å². The first-order chi connectivity index (χ1) is 14.2. The van der Waals surface area contributed by atoms with E-state index in [1.54, 1.807) is 0 Å². The molecule has 1 aliphatic heterocycles. The summed E-state index contributed by atoms with van der Waals surface area (Å²) in [5, 5.41) is 12.7. The van der Waals surface area contributed by atoms with E-state index in [2.05, 4.69) is 10.2 Å². The fourth-order valence-corrected chi connectivity index (χ4v) is 3.40. The van der Waals surface area contributed by atoms with E-state index in [-0.39, 0.29) is 16.7 Å². The molecule has 5 nitrogen and oxygen atoms in total. The Bertz CT molecular complexity index is 823. The minimum atomic E-state index is -0.628. The fourth-order valence-electron chi connectivity index (χ4n) is 3.25. The number of nitriles is 1. The summed E-state index contributed by atoms with van der Waals surface area (Å²) in [6.45, 7) is 6.15. The van der Waals surface area contributed by atoms with E-state index in [1.807, 2.05) is 36.4 Å². The van der Waals surface area contributed by atoms with Gasteiger partial charge >= 0.3 is 0 Å². The molecule has 3 rings (SSSR count). The second-order valence-electron chi connectivity index (χ2n) is 6.88. The maximum absolute atomic E-state index is 13.7. The van der Waals surface area contributed by atoms with Crippen molar-refractivity contribution >= 4 is 11.6 Å². The molecule has 1 N–H and O–H groups in total. The number of benzene rings is 2. The number of halogens is 2. The van der Waals surface area contributed by atoms with Crippen molar-refractivity contribution in [3.8, 4) is 11.8 Å². The maximum Gasteiger partial charge on any atom is 0.143 e. The molecule has 1 atom stereocenters. The van der Waals surface area contributed by atoms with Crippen LogP contribution in [0.25, 0.3) is 0 Å². The normalized spacial score (nSPS) is 15.6. The minimum absolute atomic E-state index is 0.0607. The first-order valence-electron chi connectivity index (χ1n) is 9.79. The first-order valence-corrected chi connectivity index (χ1v) is 10.2. The SMILES string of the molecule is N#Cc1cc(F)c(Cl)cc1O[C@H](CCNCCN1CCOCC1)c1ccccc1. The standard InChI is InChI=1S/C22H25ClFN3O2/c23-19-15-22(18(16-25)14-20(19)24)29-21(17-4-2-1-3-5-17)6-7-26-8-9-27-10-12-28-13-11-27/h1-5,14-15,21,26H,6-13H2/t21-/m1/s1. The Hall–Kier alpha value is -2.17. The molecule has 1 aliphatic rings. The molecule has 0 saturated carbocycles. The summed E-state index contributed by atoms with van der Waals surface area (Å²) in [6.07, 6.45) is 0.424. The summed E-state index contributed by atoms with van der Waals surface area (Å²) in [7, 11) is 0. The summed E-state index contributed by atoms with van der Waals surface area (Å²) in [4.78, 5) is 2.38. The third-order valence-corrected chi connectivity index (χ3v) is 5.16. The molecular formula is C22H25ClFN3O2. The summed E-state index contributed by atoms with van der Waals surface area (Å²) in [5.74, 6) is -0.335. The molecule has 1 heterocycles. The van der Waals surface area contributed by atoms with Gasteiger partial charge in [0, 0.05) is 38.7 Å². The number of nitrogens with zero attached hydrogens (tertiary/aromatic N) is 2. The van der Waals surface area contributed by atoms with Crippen molar-refractivity contribution in [3.05, 3.63) is 64.4 Å². The topological polar surface area (TPSA) is 57.5 Å². The lowest BCUT2D eigenvalue weighted by atomic mass is 10.1. The van der Waals surface area contributed by atoms with Gasteiger partial charge in [-0.15, -0.1) is 0 Å². The average Bonchev–Trinajstić information content (AvgIpc) is 2.76. The number of morpholine rings is 1. The van der Waals surface area contributed by atoms with Gasteiger partial charge < -0.3 is 14.8 Å². The quantitative estimate of drug-likeness (QED) is 0.629. The van der Waals surface area contributed by atoms with Gasteiger partial charge in [-0.25, -0.2) is 4.39 Å². The molecule has 0 radical (unpaired) electrons. The maximum atomic E-state index is 13.7. The number of rotatable bonds is 9. The number of hydrogen-bond donors (Lipinski definition) is 1. The predicted octanol–water partition coefficient (Wildman–Crippen LogP) is 3.78. The van der Waals surface area contributed by atoms with Gasteiger partial charge in [0.25, 0.3) is 0 Å². The van der Waals surface area contributed by atoms with Gasteiger partial charge in [0.2, 0.25) is 0 Å². The van der Waals surface area contributed by atoms with Gasteiger partial charge in [0.1, 0.15) is 23.7 Å². The lowest BCUT2D eigenvalue weighted by Gasteiger charge is -2.26. The molecule has 7 heteroatoms. The molecular weight excluding hydrogens is 393 g/mol. The van der Waals surface area contributed by atoms with Crippen LogP contribution in [0.3, 0.4) is 0 Å². The van der Waals surface area contributed by atoms with Crippen LogP contribution in [0.2, 0.25) is 5.02 Å². The van der Waals surface area contributed by atoms with Crippen LogP contribution in [-0.2, 0) is 4.74 Å². The second-order valence-corrected chi connectivity index (χ2v) is 7.29. The number of nitrogens with one attached hydrogen (secondary N) is 1. The molecule has 0 amide bonds. The van der Waals surface area contributed by atoms with Crippen molar-refractivity contribution in [1.82, 2.24) is 10.2 Å². The molecule has 0 aliphatic carbocycles. The minimum Gasteiger partial charge on any atom is -0.484 e. The van der Waals surface area contributed by atoms with Crippen LogP contribution in [0.5, 0.6) is 5.75 Å². The Morgan fingerprint density at radius 2 is 1.97 bits per heavy atom. The van der Waals surface area contributed by atoms with E-state index in [9.17, 15) is 9.65 Å². The predicted molar refractivity (Wildman–Crippen MR) is 111 cm³/mol. The summed E-state index contributed by atoms with van der Waals surface area (Å²) >= 11 is 5.90. The molecule has 154 valence electrons. The lowest BCUT2D eigenvalue weighted by molar-refractivity contribution is 0.0383. The average molecular weight is 418 g/mol. The lowest BCUT2D eigenvalue weighted by Crippen LogP contribution is -2.40.